The van der Waals surface area contributed by atoms with Gasteiger partial charge in [0, 0.05) is 18.6 Å². The summed E-state index contributed by atoms with van der Waals surface area (Å²) in [5.74, 6) is 0. The minimum Gasteiger partial charge on any atom is -0.397 e. The molecule has 0 bridgehead atoms. The van der Waals surface area contributed by atoms with Crippen LogP contribution in [0.1, 0.15) is 19.4 Å². The highest BCUT2D eigenvalue weighted by molar-refractivity contribution is 7.89. The molecule has 1 aromatic carbocycles. The molecule has 0 radical (unpaired) electrons. The number of rotatable bonds is 5. The van der Waals surface area contributed by atoms with Crippen molar-refractivity contribution in [2.24, 2.45) is 5.41 Å². The first-order chi connectivity index (χ1) is 8.59. The summed E-state index contributed by atoms with van der Waals surface area (Å²) in [6.07, 6.45) is 0. The van der Waals surface area contributed by atoms with E-state index in [2.05, 4.69) is 4.72 Å². The van der Waals surface area contributed by atoms with Gasteiger partial charge in [0.05, 0.1) is 15.6 Å². The molecule has 0 unspecified atom stereocenters. The van der Waals surface area contributed by atoms with Gasteiger partial charge in [-0.25, -0.2) is 13.1 Å². The molecular weight excluding hydrogens is 288 g/mol. The van der Waals surface area contributed by atoms with Gasteiger partial charge in [0.2, 0.25) is 10.0 Å². The van der Waals surface area contributed by atoms with E-state index in [-0.39, 0.29) is 23.7 Å². The molecule has 0 fully saturated rings. The third kappa shape index (κ3) is 4.07. The minimum atomic E-state index is -3.67. The number of hydrogen-bond donors (Lipinski definition) is 3. The summed E-state index contributed by atoms with van der Waals surface area (Å²) >= 11 is 5.83. The van der Waals surface area contributed by atoms with Crippen molar-refractivity contribution in [1.82, 2.24) is 4.72 Å². The molecule has 108 valence electrons. The van der Waals surface area contributed by atoms with Gasteiger partial charge in [-0.3, -0.25) is 0 Å². The highest BCUT2D eigenvalue weighted by Gasteiger charge is 2.23. The standard InChI is InChI=1S/C12H19ClN2O3S/c1-8-4-9(13)10(14)5-11(8)19(17,18)15-6-12(2,3)7-16/h4-5,15-16H,6-7,14H2,1-3H3. The van der Waals surface area contributed by atoms with E-state index in [1.165, 1.54) is 12.1 Å². The van der Waals surface area contributed by atoms with Crippen molar-refractivity contribution < 1.29 is 13.5 Å². The van der Waals surface area contributed by atoms with Crippen molar-refractivity contribution in [3.63, 3.8) is 0 Å². The lowest BCUT2D eigenvalue weighted by atomic mass is 9.96. The van der Waals surface area contributed by atoms with Gasteiger partial charge in [-0.15, -0.1) is 0 Å². The van der Waals surface area contributed by atoms with Crippen LogP contribution in [-0.2, 0) is 10.0 Å². The average Bonchev–Trinajstić information content (AvgIpc) is 2.31. The second-order valence-corrected chi connectivity index (χ2v) is 7.43. The summed E-state index contributed by atoms with van der Waals surface area (Å²) in [6.45, 7) is 5.19. The van der Waals surface area contributed by atoms with Crippen LogP contribution in [-0.4, -0.2) is 26.7 Å². The van der Waals surface area contributed by atoms with Gasteiger partial charge in [-0.2, -0.15) is 0 Å². The van der Waals surface area contributed by atoms with Gasteiger partial charge in [-0.05, 0) is 24.6 Å². The Hall–Kier alpha value is -0.820. The predicted molar refractivity (Wildman–Crippen MR) is 76.7 cm³/mol. The van der Waals surface area contributed by atoms with Crippen LogP contribution in [0.4, 0.5) is 5.69 Å². The first-order valence-electron chi connectivity index (χ1n) is 5.75. The molecule has 1 rings (SSSR count). The smallest absolute Gasteiger partial charge is 0.240 e. The molecule has 0 aromatic heterocycles. The zero-order valence-electron chi connectivity index (χ0n) is 11.2. The highest BCUT2D eigenvalue weighted by atomic mass is 35.5. The lowest BCUT2D eigenvalue weighted by Crippen LogP contribution is -2.36. The summed E-state index contributed by atoms with van der Waals surface area (Å²) in [4.78, 5) is 0.100. The number of hydrogen-bond acceptors (Lipinski definition) is 4. The van der Waals surface area contributed by atoms with Crippen LogP contribution in [0.5, 0.6) is 0 Å². The molecule has 0 spiro atoms. The Kier molecular flexibility index (Phi) is 4.84. The van der Waals surface area contributed by atoms with E-state index in [9.17, 15) is 8.42 Å². The average molecular weight is 307 g/mol. The number of anilines is 1. The third-order valence-corrected chi connectivity index (χ3v) is 4.62. The number of aryl methyl sites for hydroxylation is 1. The summed E-state index contributed by atoms with van der Waals surface area (Å²) < 4.78 is 26.8. The predicted octanol–water partition coefficient (Wildman–Crippen LogP) is 1.53. The van der Waals surface area contributed by atoms with Crippen molar-refractivity contribution in [2.75, 3.05) is 18.9 Å². The number of aliphatic hydroxyl groups excluding tert-OH is 1. The molecule has 19 heavy (non-hydrogen) atoms. The van der Waals surface area contributed by atoms with Crippen LogP contribution in [0, 0.1) is 12.3 Å². The maximum absolute atomic E-state index is 12.2. The number of nitrogen functional groups attached to an aromatic ring is 1. The zero-order chi connectivity index (χ0) is 14.8. The fraction of sp³-hybridized carbons (Fsp3) is 0.500. The summed E-state index contributed by atoms with van der Waals surface area (Å²) in [7, 11) is -3.67. The topological polar surface area (TPSA) is 92.4 Å². The number of aliphatic hydroxyl groups is 1. The Balaban J connectivity index is 3.05. The highest BCUT2D eigenvalue weighted by Crippen LogP contribution is 2.26. The maximum Gasteiger partial charge on any atom is 0.240 e. The van der Waals surface area contributed by atoms with E-state index < -0.39 is 15.4 Å². The maximum atomic E-state index is 12.2. The second kappa shape index (κ2) is 5.66. The molecule has 1 aromatic rings. The second-order valence-electron chi connectivity index (χ2n) is 5.29. The van der Waals surface area contributed by atoms with Gasteiger partial charge in [0.1, 0.15) is 0 Å². The van der Waals surface area contributed by atoms with E-state index in [1.807, 2.05) is 0 Å². The van der Waals surface area contributed by atoms with Gasteiger partial charge < -0.3 is 10.8 Å². The van der Waals surface area contributed by atoms with Crippen LogP contribution in [0.25, 0.3) is 0 Å². The Morgan fingerprint density at radius 1 is 1.42 bits per heavy atom. The number of nitrogens with two attached hydrogens (primary N) is 1. The molecule has 5 nitrogen and oxygen atoms in total. The van der Waals surface area contributed by atoms with E-state index in [4.69, 9.17) is 22.4 Å². The molecule has 7 heteroatoms. The fourth-order valence-corrected chi connectivity index (χ4v) is 3.10. The fourth-order valence-electron chi connectivity index (χ4n) is 1.38. The van der Waals surface area contributed by atoms with Crippen molar-refractivity contribution >= 4 is 27.3 Å². The Labute approximate surface area is 118 Å². The Morgan fingerprint density at radius 2 is 2.00 bits per heavy atom. The van der Waals surface area contributed by atoms with Crippen molar-refractivity contribution in [1.29, 1.82) is 0 Å². The third-order valence-electron chi connectivity index (χ3n) is 2.75. The van der Waals surface area contributed by atoms with Crippen molar-refractivity contribution in [3.05, 3.63) is 22.7 Å². The van der Waals surface area contributed by atoms with Crippen molar-refractivity contribution in [3.8, 4) is 0 Å². The van der Waals surface area contributed by atoms with E-state index in [0.29, 0.717) is 10.6 Å². The zero-order valence-corrected chi connectivity index (χ0v) is 12.8. The number of nitrogens with one attached hydrogen (secondary N) is 1. The molecule has 0 heterocycles. The van der Waals surface area contributed by atoms with Gasteiger partial charge in [-0.1, -0.05) is 25.4 Å². The number of sulfonamides is 1. The number of benzene rings is 1. The first-order valence-corrected chi connectivity index (χ1v) is 7.61. The Bertz CT molecular complexity index is 571. The monoisotopic (exact) mass is 306 g/mol. The molecule has 0 aliphatic rings. The van der Waals surface area contributed by atoms with Crippen LogP contribution >= 0.6 is 11.6 Å². The number of halogens is 1. The molecule has 0 aliphatic heterocycles. The van der Waals surface area contributed by atoms with Gasteiger partial charge >= 0.3 is 0 Å². The molecule has 0 aliphatic carbocycles. The molecule has 0 saturated carbocycles. The molecule has 0 amide bonds. The van der Waals surface area contributed by atoms with E-state index in [1.54, 1.807) is 20.8 Å². The largest absolute Gasteiger partial charge is 0.397 e. The molecular formula is C12H19ClN2O3S. The van der Waals surface area contributed by atoms with Crippen LogP contribution < -0.4 is 10.5 Å². The van der Waals surface area contributed by atoms with E-state index in [0.717, 1.165) is 0 Å². The Morgan fingerprint density at radius 3 is 2.53 bits per heavy atom. The first kappa shape index (κ1) is 16.2. The normalized spacial score (nSPS) is 12.7. The van der Waals surface area contributed by atoms with E-state index >= 15 is 0 Å². The summed E-state index contributed by atoms with van der Waals surface area (Å²) in [5, 5.41) is 9.45. The lowest BCUT2D eigenvalue weighted by Gasteiger charge is -2.22. The van der Waals surface area contributed by atoms with Gasteiger partial charge in [0.25, 0.3) is 0 Å². The van der Waals surface area contributed by atoms with Crippen LogP contribution in [0.2, 0.25) is 5.02 Å². The SMILES string of the molecule is Cc1cc(Cl)c(N)cc1S(=O)(=O)NCC(C)(C)CO. The summed E-state index contributed by atoms with van der Waals surface area (Å²) in [6, 6.07) is 2.86. The van der Waals surface area contributed by atoms with Crippen LogP contribution in [0.3, 0.4) is 0 Å². The molecule has 0 saturated heterocycles. The molecule has 0 atom stereocenters. The minimum absolute atomic E-state index is 0.100. The van der Waals surface area contributed by atoms with Crippen molar-refractivity contribution in [2.45, 2.75) is 25.7 Å². The van der Waals surface area contributed by atoms with Gasteiger partial charge in [0.15, 0.2) is 0 Å². The van der Waals surface area contributed by atoms with Crippen LogP contribution in [0.15, 0.2) is 17.0 Å². The summed E-state index contributed by atoms with van der Waals surface area (Å²) in [5.41, 5.74) is 5.84. The molecule has 4 N–H and O–H groups in total. The quantitative estimate of drug-likeness (QED) is 0.719. The lowest BCUT2D eigenvalue weighted by molar-refractivity contribution is 0.163.